The van der Waals surface area contributed by atoms with Gasteiger partial charge in [-0.3, -0.25) is 4.79 Å². The fourth-order valence-electron chi connectivity index (χ4n) is 2.79. The minimum Gasteiger partial charge on any atom is -0.504 e. The first-order valence-corrected chi connectivity index (χ1v) is 7.17. The minimum absolute atomic E-state index is 0.161. The van der Waals surface area contributed by atoms with Gasteiger partial charge in [0.2, 0.25) is 0 Å². The summed E-state index contributed by atoms with van der Waals surface area (Å²) in [5.41, 5.74) is 5.70. The predicted octanol–water partition coefficient (Wildman–Crippen LogP) is 1.83. The van der Waals surface area contributed by atoms with Gasteiger partial charge in [0.1, 0.15) is 0 Å². The van der Waals surface area contributed by atoms with Crippen LogP contribution < -0.4 is 5.73 Å². The third-order valence-electron chi connectivity index (χ3n) is 3.87. The first-order chi connectivity index (χ1) is 9.65. The van der Waals surface area contributed by atoms with Gasteiger partial charge in [0.25, 0.3) is 5.91 Å². The molecule has 1 aromatic rings. The monoisotopic (exact) mass is 278 g/mol. The molecule has 5 heteroatoms. The van der Waals surface area contributed by atoms with Crippen molar-refractivity contribution < 1.29 is 15.0 Å². The summed E-state index contributed by atoms with van der Waals surface area (Å²) >= 11 is 0. The number of aromatic hydroxyl groups is 2. The first-order valence-electron chi connectivity index (χ1n) is 7.17. The Morgan fingerprint density at radius 1 is 1.30 bits per heavy atom. The van der Waals surface area contributed by atoms with E-state index in [0.717, 1.165) is 32.1 Å². The Balaban J connectivity index is 2.22. The lowest BCUT2D eigenvalue weighted by atomic mass is 10.1. The number of nitrogens with two attached hydrogens (primary N) is 1. The molecule has 0 spiro atoms. The van der Waals surface area contributed by atoms with Crippen molar-refractivity contribution in [1.82, 2.24) is 4.90 Å². The average Bonchev–Trinajstić information content (AvgIpc) is 2.96. The molecule has 110 valence electrons. The highest BCUT2D eigenvalue weighted by atomic mass is 16.3. The number of carbonyl (C=O) groups excluding carboxylic acids is 1. The van der Waals surface area contributed by atoms with Crippen LogP contribution in [0.3, 0.4) is 0 Å². The number of hydrogen-bond acceptors (Lipinski definition) is 4. The van der Waals surface area contributed by atoms with Crippen LogP contribution >= 0.6 is 0 Å². The van der Waals surface area contributed by atoms with Gasteiger partial charge in [-0.25, -0.2) is 0 Å². The summed E-state index contributed by atoms with van der Waals surface area (Å²) in [4.78, 5) is 14.4. The van der Waals surface area contributed by atoms with Crippen molar-refractivity contribution >= 4 is 5.91 Å². The number of benzene rings is 1. The summed E-state index contributed by atoms with van der Waals surface area (Å²) in [5, 5.41) is 19.4. The highest BCUT2D eigenvalue weighted by Crippen LogP contribution is 2.31. The van der Waals surface area contributed by atoms with E-state index in [1.54, 1.807) is 17.0 Å². The number of para-hydroxylation sites is 1. The summed E-state index contributed by atoms with van der Waals surface area (Å²) in [6.07, 6.45) is 4.99. The zero-order valence-corrected chi connectivity index (χ0v) is 11.6. The molecule has 0 saturated heterocycles. The zero-order chi connectivity index (χ0) is 14.5. The second-order valence-corrected chi connectivity index (χ2v) is 5.25. The van der Waals surface area contributed by atoms with Crippen LogP contribution in [0.25, 0.3) is 0 Å². The molecule has 0 aliphatic heterocycles. The highest BCUT2D eigenvalue weighted by Gasteiger charge is 2.28. The maximum absolute atomic E-state index is 12.6. The Morgan fingerprint density at radius 3 is 2.65 bits per heavy atom. The van der Waals surface area contributed by atoms with Crippen molar-refractivity contribution in [3.8, 4) is 11.5 Å². The molecule has 1 amide bonds. The highest BCUT2D eigenvalue weighted by molar-refractivity contribution is 5.97. The summed E-state index contributed by atoms with van der Waals surface area (Å²) < 4.78 is 0. The quantitative estimate of drug-likeness (QED) is 0.717. The van der Waals surface area contributed by atoms with E-state index >= 15 is 0 Å². The normalized spacial score (nSPS) is 15.4. The number of phenols is 2. The molecule has 2 rings (SSSR count). The molecule has 1 aliphatic carbocycles. The lowest BCUT2D eigenvalue weighted by molar-refractivity contribution is 0.0676. The van der Waals surface area contributed by atoms with Crippen LogP contribution in [0.15, 0.2) is 18.2 Å². The Hall–Kier alpha value is -1.75. The van der Waals surface area contributed by atoms with Crippen LogP contribution in [-0.4, -0.2) is 40.2 Å². The molecule has 5 nitrogen and oxygen atoms in total. The Labute approximate surface area is 119 Å². The second kappa shape index (κ2) is 6.61. The second-order valence-electron chi connectivity index (χ2n) is 5.25. The van der Waals surface area contributed by atoms with Gasteiger partial charge in [-0.1, -0.05) is 18.9 Å². The third-order valence-corrected chi connectivity index (χ3v) is 3.87. The van der Waals surface area contributed by atoms with Crippen LogP contribution in [0.4, 0.5) is 0 Å². The van der Waals surface area contributed by atoms with Crippen molar-refractivity contribution in [2.24, 2.45) is 5.73 Å². The molecular formula is C15H22N2O3. The largest absolute Gasteiger partial charge is 0.504 e. The molecule has 0 unspecified atom stereocenters. The van der Waals surface area contributed by atoms with Gasteiger partial charge < -0.3 is 20.8 Å². The van der Waals surface area contributed by atoms with E-state index in [9.17, 15) is 15.0 Å². The van der Waals surface area contributed by atoms with E-state index in [1.165, 1.54) is 6.07 Å². The number of nitrogens with zero attached hydrogens (tertiary/aromatic N) is 1. The molecule has 0 bridgehead atoms. The van der Waals surface area contributed by atoms with Crippen LogP contribution in [0, 0.1) is 0 Å². The average molecular weight is 278 g/mol. The number of amides is 1. The van der Waals surface area contributed by atoms with E-state index in [0.29, 0.717) is 13.1 Å². The van der Waals surface area contributed by atoms with Crippen molar-refractivity contribution in [1.29, 1.82) is 0 Å². The SMILES string of the molecule is NCCCN(C(=O)c1cccc(O)c1O)C1CCCC1. The Kier molecular flexibility index (Phi) is 4.84. The lowest BCUT2D eigenvalue weighted by Crippen LogP contribution is -2.40. The van der Waals surface area contributed by atoms with E-state index < -0.39 is 0 Å². The summed E-state index contributed by atoms with van der Waals surface area (Å²) in [6, 6.07) is 4.70. The Morgan fingerprint density at radius 2 is 2.00 bits per heavy atom. The first kappa shape index (κ1) is 14.7. The maximum atomic E-state index is 12.6. The molecule has 0 aromatic heterocycles. The predicted molar refractivity (Wildman–Crippen MR) is 76.7 cm³/mol. The van der Waals surface area contributed by atoms with Crippen molar-refractivity contribution in [3.63, 3.8) is 0 Å². The van der Waals surface area contributed by atoms with Crippen molar-refractivity contribution in [2.45, 2.75) is 38.1 Å². The fourth-order valence-corrected chi connectivity index (χ4v) is 2.79. The van der Waals surface area contributed by atoms with Crippen molar-refractivity contribution in [3.05, 3.63) is 23.8 Å². The molecular weight excluding hydrogens is 256 g/mol. The molecule has 0 atom stereocenters. The van der Waals surface area contributed by atoms with Crippen LogP contribution in [-0.2, 0) is 0 Å². The number of phenolic OH excluding ortho intramolecular Hbond substituents is 2. The van der Waals surface area contributed by atoms with Gasteiger partial charge in [-0.15, -0.1) is 0 Å². The van der Waals surface area contributed by atoms with Gasteiger partial charge in [0.05, 0.1) is 5.56 Å². The third kappa shape index (κ3) is 3.04. The van der Waals surface area contributed by atoms with Gasteiger partial charge in [-0.2, -0.15) is 0 Å². The topological polar surface area (TPSA) is 86.8 Å². The minimum atomic E-state index is -0.340. The standard InChI is InChI=1S/C15H22N2O3/c16-9-4-10-17(11-5-1-2-6-11)15(20)12-7-3-8-13(18)14(12)19/h3,7-8,11,18-19H,1-2,4-6,9-10,16H2. The maximum Gasteiger partial charge on any atom is 0.258 e. The van der Waals surface area contributed by atoms with E-state index in [2.05, 4.69) is 0 Å². The van der Waals surface area contributed by atoms with Gasteiger partial charge in [0, 0.05) is 12.6 Å². The van der Waals surface area contributed by atoms with E-state index in [4.69, 9.17) is 5.73 Å². The van der Waals surface area contributed by atoms with Crippen LogP contribution in [0.5, 0.6) is 11.5 Å². The van der Waals surface area contributed by atoms with Gasteiger partial charge in [0.15, 0.2) is 11.5 Å². The lowest BCUT2D eigenvalue weighted by Gasteiger charge is -2.29. The van der Waals surface area contributed by atoms with E-state index in [-0.39, 0.29) is 29.0 Å². The van der Waals surface area contributed by atoms with Crippen LogP contribution in [0.2, 0.25) is 0 Å². The zero-order valence-electron chi connectivity index (χ0n) is 11.6. The molecule has 1 saturated carbocycles. The summed E-state index contributed by atoms with van der Waals surface area (Å²) in [7, 11) is 0. The summed E-state index contributed by atoms with van der Waals surface area (Å²) in [5.74, 6) is -0.826. The Bertz CT molecular complexity index is 470. The number of hydrogen-bond donors (Lipinski definition) is 3. The molecule has 1 aromatic carbocycles. The fraction of sp³-hybridized carbons (Fsp3) is 0.533. The molecule has 0 heterocycles. The molecule has 1 aliphatic rings. The summed E-state index contributed by atoms with van der Waals surface area (Å²) in [6.45, 7) is 1.12. The number of carbonyl (C=O) groups is 1. The van der Waals surface area contributed by atoms with Crippen LogP contribution in [0.1, 0.15) is 42.5 Å². The van der Waals surface area contributed by atoms with E-state index in [1.807, 2.05) is 0 Å². The van der Waals surface area contributed by atoms with Gasteiger partial charge >= 0.3 is 0 Å². The number of rotatable bonds is 5. The molecule has 1 fully saturated rings. The van der Waals surface area contributed by atoms with Gasteiger partial charge in [-0.05, 0) is 37.9 Å². The molecule has 4 N–H and O–H groups in total. The molecule has 20 heavy (non-hydrogen) atoms. The molecule has 0 radical (unpaired) electrons. The van der Waals surface area contributed by atoms with Crippen molar-refractivity contribution in [2.75, 3.05) is 13.1 Å². The smallest absolute Gasteiger partial charge is 0.258 e.